The first-order valence-electron chi connectivity index (χ1n) is 9.33. The van der Waals surface area contributed by atoms with Crippen LogP contribution in [0, 0.1) is 0 Å². The van der Waals surface area contributed by atoms with Gasteiger partial charge in [0.05, 0.1) is 24.4 Å². The summed E-state index contributed by atoms with van der Waals surface area (Å²) in [5.41, 5.74) is 0.924. The van der Waals surface area contributed by atoms with E-state index in [1.54, 1.807) is 27.9 Å². The highest BCUT2D eigenvalue weighted by Crippen LogP contribution is 2.21. The number of aliphatic hydroxyl groups excluding tert-OH is 1. The summed E-state index contributed by atoms with van der Waals surface area (Å²) in [6.07, 6.45) is 3.67. The first kappa shape index (κ1) is 18.4. The number of rotatable bonds is 0. The molecule has 5 heterocycles. The summed E-state index contributed by atoms with van der Waals surface area (Å²) < 4.78 is 7.41. The average Bonchev–Trinajstić information content (AvgIpc) is 3.15. The molecule has 0 aromatic carbocycles. The van der Waals surface area contributed by atoms with Gasteiger partial charge in [-0.05, 0) is 18.6 Å². The maximum atomic E-state index is 12.9. The van der Waals surface area contributed by atoms with E-state index in [2.05, 4.69) is 20.6 Å². The molecule has 0 radical (unpaired) electrons. The van der Waals surface area contributed by atoms with E-state index in [0.717, 1.165) is 0 Å². The Bertz CT molecular complexity index is 869. The van der Waals surface area contributed by atoms with Gasteiger partial charge in [0.25, 0.3) is 5.91 Å². The van der Waals surface area contributed by atoms with Crippen molar-refractivity contribution >= 4 is 11.8 Å². The fourth-order valence-electron chi connectivity index (χ4n) is 3.43. The molecule has 0 unspecified atom stereocenters. The summed E-state index contributed by atoms with van der Waals surface area (Å²) in [6.45, 7) is 1.29. The number of piperidine rings is 1. The molecule has 2 aromatic rings. The molecule has 2 aromatic heterocycles. The van der Waals surface area contributed by atoms with Crippen LogP contribution >= 0.6 is 0 Å². The Hall–Kier alpha value is -3.01. The molecule has 0 aliphatic carbocycles. The molecule has 28 heavy (non-hydrogen) atoms. The molecule has 148 valence electrons. The smallest absolute Gasteiger partial charge is 0.276 e. The molecule has 2 N–H and O–H groups in total. The number of amides is 2. The minimum atomic E-state index is -0.841. The third kappa shape index (κ3) is 3.96. The van der Waals surface area contributed by atoms with Gasteiger partial charge in [-0.3, -0.25) is 9.59 Å². The molecule has 1 saturated heterocycles. The molecule has 2 amide bonds. The molecule has 5 rings (SSSR count). The quantitative estimate of drug-likeness (QED) is 0.619. The van der Waals surface area contributed by atoms with Crippen molar-refractivity contribution in [1.29, 1.82) is 0 Å². The Morgan fingerprint density at radius 1 is 1.25 bits per heavy atom. The Morgan fingerprint density at radius 3 is 3.00 bits per heavy atom. The van der Waals surface area contributed by atoms with Crippen LogP contribution < -0.4 is 10.1 Å². The fourth-order valence-corrected chi connectivity index (χ4v) is 3.43. The van der Waals surface area contributed by atoms with E-state index in [0.29, 0.717) is 44.0 Å². The highest BCUT2D eigenvalue weighted by molar-refractivity contribution is 5.95. The number of pyridine rings is 1. The van der Waals surface area contributed by atoms with Crippen LogP contribution in [0.25, 0.3) is 0 Å². The van der Waals surface area contributed by atoms with Gasteiger partial charge in [0, 0.05) is 38.3 Å². The normalized spacial score (nSPS) is 23.5. The van der Waals surface area contributed by atoms with E-state index in [1.165, 1.54) is 6.20 Å². The lowest BCUT2D eigenvalue weighted by molar-refractivity contribution is -0.123. The molecule has 4 bridgehead atoms. The maximum absolute atomic E-state index is 12.9. The Labute approximate surface area is 161 Å². The zero-order chi connectivity index (χ0) is 19.5. The minimum Gasteiger partial charge on any atom is -0.489 e. The lowest BCUT2D eigenvalue weighted by Gasteiger charge is -2.36. The molecule has 0 spiro atoms. The minimum absolute atomic E-state index is 0.132. The lowest BCUT2D eigenvalue weighted by atomic mass is 10.0. The SMILES string of the molecule is O=C1CCc2cn(nn2)CCOc2cccnc2C(=O)N2CC[C@@H](N1)[C@H](O)C2. The summed E-state index contributed by atoms with van der Waals surface area (Å²) in [6, 6.07) is 3.02. The number of carbonyl (C=O) groups is 2. The van der Waals surface area contributed by atoms with Crippen LogP contribution in [0.1, 0.15) is 29.0 Å². The van der Waals surface area contributed by atoms with Crippen molar-refractivity contribution in [3.63, 3.8) is 0 Å². The van der Waals surface area contributed by atoms with Crippen LogP contribution in [0.5, 0.6) is 5.75 Å². The number of carbonyl (C=O) groups excluding carboxylic acids is 2. The predicted octanol–water partition coefficient (Wildman–Crippen LogP) is -0.610. The molecular formula is C18H22N6O4. The number of aromatic nitrogens is 4. The van der Waals surface area contributed by atoms with Crippen LogP contribution in [-0.4, -0.2) is 73.6 Å². The number of aliphatic hydroxyl groups is 1. The van der Waals surface area contributed by atoms with Crippen molar-refractivity contribution in [3.05, 3.63) is 35.9 Å². The summed E-state index contributed by atoms with van der Waals surface area (Å²) in [5, 5.41) is 21.4. The standard InChI is InChI=1S/C18H22N6O4/c25-14-11-23-7-5-13(14)20-16(26)4-3-12-10-24(22-21-12)8-9-28-15-2-1-6-19-17(15)18(23)27/h1-2,6,10,13-14,25H,3-5,7-9,11H2,(H,20,26)/t13-,14-/m1/s1. The average molecular weight is 386 g/mol. The van der Waals surface area contributed by atoms with Gasteiger partial charge < -0.3 is 20.1 Å². The number of hydrogen-bond acceptors (Lipinski definition) is 7. The van der Waals surface area contributed by atoms with Crippen molar-refractivity contribution in [2.75, 3.05) is 19.7 Å². The fraction of sp³-hybridized carbons (Fsp3) is 0.500. The highest BCUT2D eigenvalue weighted by atomic mass is 16.5. The van der Waals surface area contributed by atoms with Gasteiger partial charge in [-0.25, -0.2) is 9.67 Å². The van der Waals surface area contributed by atoms with E-state index >= 15 is 0 Å². The van der Waals surface area contributed by atoms with Crippen molar-refractivity contribution in [2.24, 2.45) is 0 Å². The molecule has 0 saturated carbocycles. The number of fused-ring (bicyclic) bond motifs is 7. The maximum Gasteiger partial charge on any atom is 0.276 e. The van der Waals surface area contributed by atoms with Gasteiger partial charge in [0.15, 0.2) is 11.4 Å². The number of ether oxygens (including phenoxy) is 1. The third-order valence-corrected chi connectivity index (χ3v) is 4.96. The van der Waals surface area contributed by atoms with Crippen molar-refractivity contribution < 1.29 is 19.4 Å². The van der Waals surface area contributed by atoms with Crippen molar-refractivity contribution in [2.45, 2.75) is 38.0 Å². The number of hydrogen-bond donors (Lipinski definition) is 2. The zero-order valence-electron chi connectivity index (χ0n) is 15.3. The number of nitrogens with one attached hydrogen (secondary N) is 1. The molecule has 10 heteroatoms. The predicted molar refractivity (Wildman–Crippen MR) is 96.5 cm³/mol. The van der Waals surface area contributed by atoms with Crippen molar-refractivity contribution in [1.82, 2.24) is 30.2 Å². The summed E-state index contributed by atoms with van der Waals surface area (Å²) >= 11 is 0. The third-order valence-electron chi connectivity index (χ3n) is 4.96. The van der Waals surface area contributed by atoms with E-state index in [-0.39, 0.29) is 36.5 Å². The molecule has 10 nitrogen and oxygen atoms in total. The van der Waals surface area contributed by atoms with Gasteiger partial charge in [-0.2, -0.15) is 0 Å². The zero-order valence-corrected chi connectivity index (χ0v) is 15.3. The van der Waals surface area contributed by atoms with Gasteiger partial charge in [0.1, 0.15) is 6.61 Å². The largest absolute Gasteiger partial charge is 0.489 e. The van der Waals surface area contributed by atoms with E-state index in [9.17, 15) is 14.7 Å². The van der Waals surface area contributed by atoms with E-state index in [4.69, 9.17) is 4.74 Å². The second-order valence-corrected chi connectivity index (χ2v) is 6.95. The van der Waals surface area contributed by atoms with Gasteiger partial charge >= 0.3 is 0 Å². The van der Waals surface area contributed by atoms with Crippen LogP contribution in [0.4, 0.5) is 0 Å². The van der Waals surface area contributed by atoms with E-state index in [1.807, 2.05) is 0 Å². The number of nitrogens with zero attached hydrogens (tertiary/aromatic N) is 5. The first-order valence-corrected chi connectivity index (χ1v) is 9.33. The second kappa shape index (κ2) is 7.93. The topological polar surface area (TPSA) is 122 Å². The van der Waals surface area contributed by atoms with Crippen LogP contribution in [-0.2, 0) is 17.8 Å². The molecule has 2 atom stereocenters. The van der Waals surface area contributed by atoms with Crippen LogP contribution in [0.2, 0.25) is 0 Å². The molecular weight excluding hydrogens is 364 g/mol. The van der Waals surface area contributed by atoms with E-state index < -0.39 is 6.10 Å². The summed E-state index contributed by atoms with van der Waals surface area (Å²) in [4.78, 5) is 30.9. The second-order valence-electron chi connectivity index (χ2n) is 6.95. The highest BCUT2D eigenvalue weighted by Gasteiger charge is 2.33. The van der Waals surface area contributed by atoms with Gasteiger partial charge in [0.2, 0.25) is 5.91 Å². The number of aryl methyl sites for hydroxylation is 1. The van der Waals surface area contributed by atoms with Crippen molar-refractivity contribution in [3.8, 4) is 5.75 Å². The van der Waals surface area contributed by atoms with Gasteiger partial charge in [-0.15, -0.1) is 5.10 Å². The first-order chi connectivity index (χ1) is 13.6. The van der Waals surface area contributed by atoms with Gasteiger partial charge in [-0.1, -0.05) is 5.21 Å². The summed E-state index contributed by atoms with van der Waals surface area (Å²) in [5.74, 6) is -0.0631. The molecule has 3 aliphatic heterocycles. The Morgan fingerprint density at radius 2 is 2.14 bits per heavy atom. The Balaban J connectivity index is 1.59. The van der Waals surface area contributed by atoms with Crippen LogP contribution in [0.3, 0.4) is 0 Å². The monoisotopic (exact) mass is 386 g/mol. The molecule has 3 aliphatic rings. The Kier molecular flexibility index (Phi) is 5.20. The van der Waals surface area contributed by atoms with Crippen LogP contribution in [0.15, 0.2) is 24.5 Å². The molecule has 1 fully saturated rings. The lowest BCUT2D eigenvalue weighted by Crippen LogP contribution is -2.55. The summed E-state index contributed by atoms with van der Waals surface area (Å²) in [7, 11) is 0.